The molecule has 2 aliphatic rings. The highest BCUT2D eigenvalue weighted by Crippen LogP contribution is 2.32. The Hall–Kier alpha value is -2.03. The average Bonchev–Trinajstić information content (AvgIpc) is 2.76. The van der Waals surface area contributed by atoms with Crippen molar-refractivity contribution >= 4 is 5.97 Å². The molecule has 3 heteroatoms. The lowest BCUT2D eigenvalue weighted by Gasteiger charge is -2.07. The zero-order valence-corrected chi connectivity index (χ0v) is 11.1. The molecule has 0 bridgehead atoms. The number of carbonyl (C=O) groups is 1. The summed E-state index contributed by atoms with van der Waals surface area (Å²) >= 11 is 0. The lowest BCUT2D eigenvalue weighted by Crippen LogP contribution is -2.00. The van der Waals surface area contributed by atoms with E-state index >= 15 is 0 Å². The molecule has 0 aliphatic heterocycles. The fraction of sp³-hybridized carbons (Fsp3) is 0.312. The van der Waals surface area contributed by atoms with Gasteiger partial charge < -0.3 is 9.84 Å². The number of ether oxygens (including phenoxy) is 1. The molecule has 0 aromatic carbocycles. The van der Waals surface area contributed by atoms with Crippen LogP contribution in [0.2, 0.25) is 0 Å². The summed E-state index contributed by atoms with van der Waals surface area (Å²) in [5, 5.41) is 8.90. The second-order valence-electron chi connectivity index (χ2n) is 4.58. The smallest absolute Gasteiger partial charge is 0.307 e. The largest absolute Gasteiger partial charge is 0.493 e. The first-order valence-electron chi connectivity index (χ1n) is 6.57. The van der Waals surface area contributed by atoms with Gasteiger partial charge in [-0.3, -0.25) is 4.79 Å². The number of hydrogen-bond donors (Lipinski definition) is 1. The van der Waals surface area contributed by atoms with Crippen molar-refractivity contribution in [2.45, 2.75) is 26.2 Å². The number of fused-ring (bicyclic) bond motifs is 1. The molecule has 19 heavy (non-hydrogen) atoms. The fourth-order valence-corrected chi connectivity index (χ4v) is 2.03. The Bertz CT molecular complexity index is 534. The van der Waals surface area contributed by atoms with Crippen LogP contribution in [-0.2, 0) is 11.2 Å². The summed E-state index contributed by atoms with van der Waals surface area (Å²) in [5.74, 6) is -0.0555. The van der Waals surface area contributed by atoms with Crippen molar-refractivity contribution in [2.24, 2.45) is 0 Å². The summed E-state index contributed by atoms with van der Waals surface area (Å²) in [6.07, 6.45) is 2.08. The molecule has 0 spiro atoms. The second-order valence-corrected chi connectivity index (χ2v) is 4.58. The van der Waals surface area contributed by atoms with Crippen molar-refractivity contribution in [3.8, 4) is 16.9 Å². The van der Waals surface area contributed by atoms with Crippen LogP contribution >= 0.6 is 0 Å². The lowest BCUT2D eigenvalue weighted by atomic mass is 10.2. The van der Waals surface area contributed by atoms with E-state index in [9.17, 15) is 4.79 Å². The van der Waals surface area contributed by atoms with Crippen LogP contribution in [0, 0.1) is 0 Å². The number of unbranched alkanes of at least 4 members (excludes halogenated alkanes) is 1. The van der Waals surface area contributed by atoms with Crippen molar-refractivity contribution in [1.82, 2.24) is 0 Å². The molecule has 0 aromatic rings. The third-order valence-electron chi connectivity index (χ3n) is 3.02. The van der Waals surface area contributed by atoms with Crippen LogP contribution < -0.4 is 4.74 Å². The van der Waals surface area contributed by atoms with Gasteiger partial charge in [0.2, 0.25) is 0 Å². The maximum atomic E-state index is 10.8. The first-order valence-corrected chi connectivity index (χ1v) is 6.57. The van der Waals surface area contributed by atoms with Crippen molar-refractivity contribution in [3.05, 3.63) is 42.0 Å². The predicted molar refractivity (Wildman–Crippen MR) is 74.8 cm³/mol. The van der Waals surface area contributed by atoms with Crippen LogP contribution in [0.1, 0.15) is 25.3 Å². The van der Waals surface area contributed by atoms with E-state index in [0.717, 1.165) is 35.3 Å². The van der Waals surface area contributed by atoms with Gasteiger partial charge in [-0.2, -0.15) is 0 Å². The molecule has 100 valence electrons. The SMILES string of the molecule is CCCCOc1cc(CC(=O)O)ccc2cccc1-2. The van der Waals surface area contributed by atoms with Crippen LogP contribution in [0.3, 0.4) is 0 Å². The van der Waals surface area contributed by atoms with Crippen molar-refractivity contribution in [2.75, 3.05) is 6.61 Å². The number of rotatable bonds is 6. The Balaban J connectivity index is 2.33. The summed E-state index contributed by atoms with van der Waals surface area (Å²) < 4.78 is 5.81. The Morgan fingerprint density at radius 3 is 2.84 bits per heavy atom. The summed E-state index contributed by atoms with van der Waals surface area (Å²) in [6.45, 7) is 2.77. The molecule has 0 heterocycles. The summed E-state index contributed by atoms with van der Waals surface area (Å²) in [5.41, 5.74) is 2.87. The van der Waals surface area contributed by atoms with Gasteiger partial charge in [-0.1, -0.05) is 43.7 Å². The monoisotopic (exact) mass is 258 g/mol. The van der Waals surface area contributed by atoms with Crippen LogP contribution in [0.5, 0.6) is 5.75 Å². The summed E-state index contributed by atoms with van der Waals surface area (Å²) in [6, 6.07) is 11.6. The average molecular weight is 258 g/mol. The Morgan fingerprint density at radius 2 is 2.11 bits per heavy atom. The predicted octanol–water partition coefficient (Wildman–Crippen LogP) is 3.60. The van der Waals surface area contributed by atoms with E-state index in [1.54, 1.807) is 0 Å². The minimum Gasteiger partial charge on any atom is -0.493 e. The molecule has 0 atom stereocenters. The third-order valence-corrected chi connectivity index (χ3v) is 3.02. The van der Waals surface area contributed by atoms with Gasteiger partial charge in [-0.15, -0.1) is 0 Å². The molecule has 0 amide bonds. The zero-order chi connectivity index (χ0) is 13.7. The van der Waals surface area contributed by atoms with Crippen LogP contribution in [-0.4, -0.2) is 17.7 Å². The molecule has 0 fully saturated rings. The maximum Gasteiger partial charge on any atom is 0.307 e. The molecule has 0 aromatic heterocycles. The molecular formula is C16H18O3. The minimum absolute atomic E-state index is 0.0153. The molecule has 0 saturated heterocycles. The van der Waals surface area contributed by atoms with E-state index in [1.165, 1.54) is 0 Å². The first kappa shape index (κ1) is 13.4. The maximum absolute atomic E-state index is 10.8. The molecule has 3 nitrogen and oxygen atoms in total. The van der Waals surface area contributed by atoms with Gasteiger partial charge in [-0.05, 0) is 23.6 Å². The number of carboxylic acids is 1. The second kappa shape index (κ2) is 6.23. The van der Waals surface area contributed by atoms with Gasteiger partial charge in [0, 0.05) is 5.56 Å². The highest BCUT2D eigenvalue weighted by molar-refractivity contribution is 5.75. The van der Waals surface area contributed by atoms with Gasteiger partial charge in [0.25, 0.3) is 0 Å². The minimum atomic E-state index is -0.828. The van der Waals surface area contributed by atoms with Gasteiger partial charge in [0.1, 0.15) is 5.75 Å². The van der Waals surface area contributed by atoms with Crippen LogP contribution in [0.15, 0.2) is 36.4 Å². The zero-order valence-electron chi connectivity index (χ0n) is 11.1. The van der Waals surface area contributed by atoms with Gasteiger partial charge in [0.05, 0.1) is 13.0 Å². The van der Waals surface area contributed by atoms with Gasteiger partial charge >= 0.3 is 5.97 Å². The van der Waals surface area contributed by atoms with Gasteiger partial charge in [0.15, 0.2) is 0 Å². The molecule has 2 aliphatic carbocycles. The Morgan fingerprint density at radius 1 is 1.26 bits per heavy atom. The fourth-order valence-electron chi connectivity index (χ4n) is 2.03. The van der Waals surface area contributed by atoms with Crippen LogP contribution in [0.4, 0.5) is 0 Å². The highest BCUT2D eigenvalue weighted by atomic mass is 16.5. The van der Waals surface area contributed by atoms with E-state index < -0.39 is 5.97 Å². The summed E-state index contributed by atoms with van der Waals surface area (Å²) in [4.78, 5) is 10.8. The van der Waals surface area contributed by atoms with Crippen molar-refractivity contribution < 1.29 is 14.6 Å². The molecule has 2 rings (SSSR count). The summed E-state index contributed by atoms with van der Waals surface area (Å²) in [7, 11) is 0. The molecular weight excluding hydrogens is 240 g/mol. The topological polar surface area (TPSA) is 46.5 Å². The van der Waals surface area contributed by atoms with E-state index in [2.05, 4.69) is 6.92 Å². The van der Waals surface area contributed by atoms with E-state index in [0.29, 0.717) is 6.61 Å². The van der Waals surface area contributed by atoms with Crippen molar-refractivity contribution in [3.63, 3.8) is 0 Å². The third kappa shape index (κ3) is 3.47. The van der Waals surface area contributed by atoms with Gasteiger partial charge in [-0.25, -0.2) is 0 Å². The van der Waals surface area contributed by atoms with E-state index in [1.807, 2.05) is 36.4 Å². The van der Waals surface area contributed by atoms with E-state index in [4.69, 9.17) is 9.84 Å². The highest BCUT2D eigenvalue weighted by Gasteiger charge is 2.10. The number of hydrogen-bond acceptors (Lipinski definition) is 2. The van der Waals surface area contributed by atoms with Crippen molar-refractivity contribution in [1.29, 1.82) is 0 Å². The van der Waals surface area contributed by atoms with Crippen LogP contribution in [0.25, 0.3) is 11.1 Å². The van der Waals surface area contributed by atoms with E-state index in [-0.39, 0.29) is 6.42 Å². The molecule has 1 N–H and O–H groups in total. The quantitative estimate of drug-likeness (QED) is 0.805. The molecule has 0 saturated carbocycles. The lowest BCUT2D eigenvalue weighted by molar-refractivity contribution is -0.136. The molecule has 0 radical (unpaired) electrons. The Kier molecular flexibility index (Phi) is 4.39. The molecule has 0 unspecified atom stereocenters. The number of aliphatic carboxylic acids is 1. The standard InChI is InChI=1S/C16H18O3/c1-2-3-9-19-15-10-12(11-16(17)18)7-8-13-5-4-6-14(13)15/h4-8,10H,2-3,9,11H2,1H3,(H,17,18). The number of carboxylic acid groups (broad SMARTS) is 1. The normalized spacial score (nSPS) is 10.6. The first-order chi connectivity index (χ1) is 9.20. The Labute approximate surface area is 113 Å².